The summed E-state index contributed by atoms with van der Waals surface area (Å²) in [5.74, 6) is -0.224. The molecule has 0 unspecified atom stereocenters. The Hall–Kier alpha value is -2.23. The quantitative estimate of drug-likeness (QED) is 0.802. The lowest BCUT2D eigenvalue weighted by Crippen LogP contribution is -2.15. The summed E-state index contributed by atoms with van der Waals surface area (Å²) >= 11 is 0. The smallest absolute Gasteiger partial charge is 0.251 e. The number of phenols is 1. The topological polar surface area (TPSA) is 68.2 Å². The fourth-order valence-electron chi connectivity index (χ4n) is 3.32. The third-order valence-electron chi connectivity index (χ3n) is 4.58. The summed E-state index contributed by atoms with van der Waals surface area (Å²) in [6.45, 7) is 11.6. The van der Waals surface area contributed by atoms with Crippen molar-refractivity contribution in [3.8, 4) is 16.9 Å². The molecule has 1 amide bonds. The maximum Gasteiger partial charge on any atom is 0.251 e. The lowest BCUT2D eigenvalue weighted by atomic mass is 9.92. The van der Waals surface area contributed by atoms with Gasteiger partial charge >= 0.3 is 0 Å². The second-order valence-electron chi connectivity index (χ2n) is 7.91. The summed E-state index contributed by atoms with van der Waals surface area (Å²) in [6, 6.07) is 7.06. The van der Waals surface area contributed by atoms with Crippen molar-refractivity contribution >= 4 is 5.91 Å². The highest BCUT2D eigenvalue weighted by Crippen LogP contribution is 2.36. The highest BCUT2D eigenvalue weighted by molar-refractivity contribution is 6.02. The summed E-state index contributed by atoms with van der Waals surface area (Å²) < 4.78 is 2.24. The number of rotatable bonds is 6. The predicted molar refractivity (Wildman–Crippen MR) is 103 cm³/mol. The molecule has 2 aromatic rings. The van der Waals surface area contributed by atoms with Gasteiger partial charge in [0.25, 0.3) is 5.91 Å². The van der Waals surface area contributed by atoms with Gasteiger partial charge in [-0.3, -0.25) is 4.79 Å². The molecule has 0 saturated heterocycles. The van der Waals surface area contributed by atoms with E-state index in [0.29, 0.717) is 5.56 Å². The van der Waals surface area contributed by atoms with Gasteiger partial charge in [-0.15, -0.1) is 0 Å². The predicted octanol–water partition coefficient (Wildman–Crippen LogP) is 4.66. The van der Waals surface area contributed by atoms with Crippen LogP contribution in [0.4, 0.5) is 0 Å². The van der Waals surface area contributed by atoms with E-state index in [9.17, 15) is 9.90 Å². The van der Waals surface area contributed by atoms with Crippen molar-refractivity contribution in [2.45, 2.75) is 60.4 Å². The standard InChI is InChI=1S/C21H30N2O2/c1-6-8-17-19(15-9-7-10-16(24)13-15)18(20(22)25)14(2)23(17)12-11-21(3,4)5/h7,9-10,13,24H,6,8,11-12H2,1-5H3,(H2,22,25). The van der Waals surface area contributed by atoms with Crippen molar-refractivity contribution in [3.05, 3.63) is 41.2 Å². The number of carbonyl (C=O) groups excluding carboxylic acids is 1. The maximum absolute atomic E-state index is 12.2. The van der Waals surface area contributed by atoms with Crippen LogP contribution in [0, 0.1) is 12.3 Å². The van der Waals surface area contributed by atoms with Crippen LogP contribution < -0.4 is 5.73 Å². The van der Waals surface area contributed by atoms with Crippen molar-refractivity contribution in [2.75, 3.05) is 0 Å². The first-order valence-electron chi connectivity index (χ1n) is 8.97. The van der Waals surface area contributed by atoms with Gasteiger partial charge in [-0.25, -0.2) is 0 Å². The summed E-state index contributed by atoms with van der Waals surface area (Å²) in [5.41, 5.74) is 10.3. The van der Waals surface area contributed by atoms with E-state index >= 15 is 0 Å². The number of nitrogens with two attached hydrogens (primary N) is 1. The molecule has 4 nitrogen and oxygen atoms in total. The number of primary amides is 1. The summed E-state index contributed by atoms with van der Waals surface area (Å²) in [4.78, 5) is 12.2. The summed E-state index contributed by atoms with van der Waals surface area (Å²) in [5, 5.41) is 9.89. The second-order valence-corrected chi connectivity index (χ2v) is 7.91. The highest BCUT2D eigenvalue weighted by Gasteiger charge is 2.25. The van der Waals surface area contributed by atoms with Crippen LogP contribution in [0.15, 0.2) is 24.3 Å². The molecule has 0 saturated carbocycles. The molecule has 0 spiro atoms. The number of hydrogen-bond donors (Lipinski definition) is 2. The Morgan fingerprint density at radius 2 is 1.96 bits per heavy atom. The number of nitrogens with zero attached hydrogens (tertiary/aromatic N) is 1. The molecule has 3 N–H and O–H groups in total. The number of aromatic hydroxyl groups is 1. The van der Waals surface area contributed by atoms with Gasteiger partial charge in [-0.05, 0) is 42.9 Å². The second kappa shape index (κ2) is 7.34. The van der Waals surface area contributed by atoms with Gasteiger partial charge < -0.3 is 15.4 Å². The average molecular weight is 342 g/mol. The molecule has 2 rings (SSSR count). The van der Waals surface area contributed by atoms with Crippen LogP contribution in [0.3, 0.4) is 0 Å². The molecule has 136 valence electrons. The van der Waals surface area contributed by atoms with Crippen LogP contribution in [0.2, 0.25) is 0 Å². The molecule has 0 aliphatic rings. The Morgan fingerprint density at radius 1 is 1.28 bits per heavy atom. The van der Waals surface area contributed by atoms with E-state index in [2.05, 4.69) is 32.3 Å². The molecular formula is C21H30N2O2. The minimum Gasteiger partial charge on any atom is -0.508 e. The number of carbonyl (C=O) groups is 1. The monoisotopic (exact) mass is 342 g/mol. The molecule has 0 radical (unpaired) electrons. The zero-order chi connectivity index (χ0) is 18.8. The first-order chi connectivity index (χ1) is 11.7. The molecular weight excluding hydrogens is 312 g/mol. The zero-order valence-corrected chi connectivity index (χ0v) is 16.0. The van der Waals surface area contributed by atoms with Crippen molar-refractivity contribution in [2.24, 2.45) is 11.1 Å². The minimum absolute atomic E-state index is 0.190. The van der Waals surface area contributed by atoms with Crippen LogP contribution in [-0.4, -0.2) is 15.6 Å². The first-order valence-corrected chi connectivity index (χ1v) is 8.97. The Morgan fingerprint density at radius 3 is 2.48 bits per heavy atom. The zero-order valence-electron chi connectivity index (χ0n) is 16.0. The highest BCUT2D eigenvalue weighted by atomic mass is 16.3. The first kappa shape index (κ1) is 19.1. The number of hydrogen-bond acceptors (Lipinski definition) is 2. The van der Waals surface area contributed by atoms with Gasteiger partial charge in [0.05, 0.1) is 5.56 Å². The maximum atomic E-state index is 12.2. The van der Waals surface area contributed by atoms with E-state index in [0.717, 1.165) is 48.3 Å². The molecule has 0 fully saturated rings. The van der Waals surface area contributed by atoms with Crippen molar-refractivity contribution < 1.29 is 9.90 Å². The molecule has 0 aliphatic heterocycles. The average Bonchev–Trinajstić information content (AvgIpc) is 2.77. The van der Waals surface area contributed by atoms with Gasteiger partial charge in [0.2, 0.25) is 0 Å². The van der Waals surface area contributed by atoms with Gasteiger partial charge in [-0.2, -0.15) is 0 Å². The molecule has 4 heteroatoms. The van der Waals surface area contributed by atoms with Gasteiger partial charge in [0.15, 0.2) is 0 Å². The van der Waals surface area contributed by atoms with Gasteiger partial charge in [0, 0.05) is 23.5 Å². The Bertz CT molecular complexity index is 767. The third-order valence-corrected chi connectivity index (χ3v) is 4.58. The van der Waals surface area contributed by atoms with E-state index in [1.165, 1.54) is 0 Å². The van der Waals surface area contributed by atoms with E-state index in [-0.39, 0.29) is 11.2 Å². The Labute approximate surface area is 150 Å². The van der Waals surface area contributed by atoms with E-state index < -0.39 is 5.91 Å². The van der Waals surface area contributed by atoms with Crippen LogP contribution in [-0.2, 0) is 13.0 Å². The molecule has 0 bridgehead atoms. The summed E-state index contributed by atoms with van der Waals surface area (Å²) in [7, 11) is 0. The number of phenolic OH excluding ortho intramolecular Hbond substituents is 1. The molecule has 0 aliphatic carbocycles. The lowest BCUT2D eigenvalue weighted by Gasteiger charge is -2.21. The number of amides is 1. The largest absolute Gasteiger partial charge is 0.508 e. The fraction of sp³-hybridized carbons (Fsp3) is 0.476. The number of benzene rings is 1. The van der Waals surface area contributed by atoms with Gasteiger partial charge in [0.1, 0.15) is 5.75 Å². The van der Waals surface area contributed by atoms with E-state index in [1.54, 1.807) is 18.2 Å². The van der Waals surface area contributed by atoms with Crippen molar-refractivity contribution in [1.29, 1.82) is 0 Å². The third kappa shape index (κ3) is 4.25. The van der Waals surface area contributed by atoms with E-state index in [4.69, 9.17) is 5.73 Å². The van der Waals surface area contributed by atoms with E-state index in [1.807, 2.05) is 13.0 Å². The molecule has 25 heavy (non-hydrogen) atoms. The molecule has 1 aromatic carbocycles. The van der Waals surface area contributed by atoms with Crippen LogP contribution in [0.25, 0.3) is 11.1 Å². The van der Waals surface area contributed by atoms with Crippen molar-refractivity contribution in [3.63, 3.8) is 0 Å². The summed E-state index contributed by atoms with van der Waals surface area (Å²) in [6.07, 6.45) is 2.85. The number of aromatic nitrogens is 1. The lowest BCUT2D eigenvalue weighted by molar-refractivity contribution is 0.1000. The molecule has 1 aromatic heterocycles. The molecule has 0 atom stereocenters. The van der Waals surface area contributed by atoms with Crippen LogP contribution in [0.1, 0.15) is 62.3 Å². The van der Waals surface area contributed by atoms with Gasteiger partial charge in [-0.1, -0.05) is 46.2 Å². The van der Waals surface area contributed by atoms with Crippen molar-refractivity contribution in [1.82, 2.24) is 4.57 Å². The molecule has 1 heterocycles. The Kier molecular flexibility index (Phi) is 5.61. The normalized spacial score (nSPS) is 11.7. The van der Waals surface area contributed by atoms with Crippen LogP contribution in [0.5, 0.6) is 5.75 Å². The fourth-order valence-corrected chi connectivity index (χ4v) is 3.32. The minimum atomic E-state index is -0.414. The van der Waals surface area contributed by atoms with Crippen LogP contribution >= 0.6 is 0 Å². The SMILES string of the molecule is CCCc1c(-c2cccc(O)c2)c(C(N)=O)c(C)n1CCC(C)(C)C. The Balaban J connectivity index is 2.69.